The Labute approximate surface area is 151 Å². The first-order valence-corrected chi connectivity index (χ1v) is 11.1. The Bertz CT molecular complexity index is 1030. The lowest BCUT2D eigenvalue weighted by atomic mass is 10.0. The zero-order chi connectivity index (χ0) is 18.9. The van der Waals surface area contributed by atoms with Crippen LogP contribution in [0.3, 0.4) is 0 Å². The molecule has 0 aliphatic carbocycles. The third-order valence-electron chi connectivity index (χ3n) is 3.95. The van der Waals surface area contributed by atoms with E-state index in [4.69, 9.17) is 8.92 Å². The van der Waals surface area contributed by atoms with E-state index < -0.39 is 31.9 Å². The second-order valence-corrected chi connectivity index (χ2v) is 9.59. The molecule has 0 radical (unpaired) electrons. The van der Waals surface area contributed by atoms with Gasteiger partial charge >= 0.3 is 0 Å². The minimum absolute atomic E-state index is 0.0217. The van der Waals surface area contributed by atoms with E-state index in [-0.39, 0.29) is 16.4 Å². The van der Waals surface area contributed by atoms with Crippen LogP contribution in [0.1, 0.15) is 12.0 Å². The van der Waals surface area contributed by atoms with Crippen LogP contribution < -0.4 is 4.74 Å². The number of ether oxygens (including phenoxy) is 1. The van der Waals surface area contributed by atoms with Gasteiger partial charge in [0.15, 0.2) is 0 Å². The third kappa shape index (κ3) is 4.22. The average molecular weight is 400 g/mol. The van der Waals surface area contributed by atoms with Gasteiger partial charge in [-0.2, -0.15) is 8.42 Å². The van der Waals surface area contributed by atoms with E-state index in [0.29, 0.717) is 18.6 Å². The van der Waals surface area contributed by atoms with Gasteiger partial charge in [0.2, 0.25) is 9.84 Å². The molecule has 0 bridgehead atoms. The first-order chi connectivity index (χ1) is 12.1. The van der Waals surface area contributed by atoms with Gasteiger partial charge < -0.3 is 4.74 Å². The van der Waals surface area contributed by atoms with Gasteiger partial charge in [-0.3, -0.25) is 4.18 Å². The summed E-state index contributed by atoms with van der Waals surface area (Å²) in [5.74, 6) is -0.283. The van der Waals surface area contributed by atoms with Crippen molar-refractivity contribution in [1.82, 2.24) is 0 Å². The molecule has 6 nitrogen and oxygen atoms in total. The highest BCUT2D eigenvalue weighted by molar-refractivity contribution is 7.91. The lowest BCUT2D eigenvalue weighted by Gasteiger charge is -2.26. The number of hydrogen-bond donors (Lipinski definition) is 0. The minimum Gasteiger partial charge on any atom is -0.488 e. The molecule has 0 aromatic heterocycles. The number of benzene rings is 2. The molecule has 0 saturated carbocycles. The van der Waals surface area contributed by atoms with Crippen molar-refractivity contribution in [2.45, 2.75) is 28.7 Å². The quantitative estimate of drug-likeness (QED) is 0.716. The average Bonchev–Trinajstić information content (AvgIpc) is 2.58. The zero-order valence-corrected chi connectivity index (χ0v) is 15.5. The Morgan fingerprint density at radius 1 is 1.12 bits per heavy atom. The fourth-order valence-electron chi connectivity index (χ4n) is 2.66. The maximum atomic E-state index is 13.4. The van der Waals surface area contributed by atoms with E-state index in [0.717, 1.165) is 17.9 Å². The highest BCUT2D eigenvalue weighted by Gasteiger charge is 2.25. The second-order valence-electron chi connectivity index (χ2n) is 6.00. The molecule has 1 heterocycles. The minimum atomic E-state index is -3.90. The van der Waals surface area contributed by atoms with Gasteiger partial charge in [-0.15, -0.1) is 0 Å². The van der Waals surface area contributed by atoms with Crippen LogP contribution >= 0.6 is 0 Å². The summed E-state index contributed by atoms with van der Waals surface area (Å²) in [4.78, 5) is -0.170. The molecule has 1 unspecified atom stereocenters. The Hall–Kier alpha value is -1.97. The van der Waals surface area contributed by atoms with Crippen LogP contribution in [0.4, 0.5) is 4.39 Å². The number of halogens is 1. The Morgan fingerprint density at radius 3 is 2.54 bits per heavy atom. The zero-order valence-electron chi connectivity index (χ0n) is 13.9. The number of sulfone groups is 1. The molecule has 0 amide bonds. The normalized spacial score (nSPS) is 17.4. The van der Waals surface area contributed by atoms with Crippen molar-refractivity contribution in [2.24, 2.45) is 0 Å². The van der Waals surface area contributed by atoms with Crippen molar-refractivity contribution in [3.8, 4) is 5.75 Å². The first-order valence-electron chi connectivity index (χ1n) is 7.80. The SMILES string of the molecule is CS(=O)(=O)OCC1CCc2ccc(S(=O)(=O)c3cccc(F)c3)cc2O1. The van der Waals surface area contributed by atoms with Crippen LogP contribution in [0, 0.1) is 5.82 Å². The second kappa shape index (κ2) is 6.98. The maximum absolute atomic E-state index is 13.4. The summed E-state index contributed by atoms with van der Waals surface area (Å²) in [6.07, 6.45) is 1.61. The Morgan fingerprint density at radius 2 is 1.85 bits per heavy atom. The van der Waals surface area contributed by atoms with Gasteiger partial charge in [0.05, 0.1) is 16.0 Å². The monoisotopic (exact) mass is 400 g/mol. The summed E-state index contributed by atoms with van der Waals surface area (Å²) in [6.45, 7) is -0.140. The van der Waals surface area contributed by atoms with E-state index in [1.165, 1.54) is 30.3 Å². The van der Waals surface area contributed by atoms with Crippen LogP contribution in [0.2, 0.25) is 0 Å². The maximum Gasteiger partial charge on any atom is 0.264 e. The van der Waals surface area contributed by atoms with Crippen molar-refractivity contribution in [2.75, 3.05) is 12.9 Å². The van der Waals surface area contributed by atoms with Gasteiger partial charge in [-0.05, 0) is 48.7 Å². The third-order valence-corrected chi connectivity index (χ3v) is 6.27. The van der Waals surface area contributed by atoms with E-state index >= 15 is 0 Å². The van der Waals surface area contributed by atoms with Gasteiger partial charge in [-0.25, -0.2) is 12.8 Å². The van der Waals surface area contributed by atoms with Gasteiger partial charge in [0.25, 0.3) is 10.1 Å². The molecule has 1 aliphatic rings. The summed E-state index contributed by atoms with van der Waals surface area (Å²) in [7, 11) is -7.48. The molecule has 2 aromatic rings. The molecular weight excluding hydrogens is 383 g/mol. The molecule has 1 atom stereocenters. The van der Waals surface area contributed by atoms with Gasteiger partial charge in [0, 0.05) is 0 Å². The lowest BCUT2D eigenvalue weighted by Crippen LogP contribution is -2.29. The fraction of sp³-hybridized carbons (Fsp3) is 0.294. The van der Waals surface area contributed by atoms with Gasteiger partial charge in [0.1, 0.15) is 24.3 Å². The molecule has 0 spiro atoms. The van der Waals surface area contributed by atoms with Crippen molar-refractivity contribution in [3.05, 3.63) is 53.8 Å². The highest BCUT2D eigenvalue weighted by Crippen LogP contribution is 2.32. The van der Waals surface area contributed by atoms with Crippen molar-refractivity contribution in [3.63, 3.8) is 0 Å². The van der Waals surface area contributed by atoms with E-state index in [9.17, 15) is 21.2 Å². The number of rotatable bonds is 5. The van der Waals surface area contributed by atoms with E-state index in [1.807, 2.05) is 0 Å². The van der Waals surface area contributed by atoms with Crippen LogP contribution in [0.15, 0.2) is 52.3 Å². The number of hydrogen-bond acceptors (Lipinski definition) is 6. The van der Waals surface area contributed by atoms with E-state index in [1.54, 1.807) is 6.07 Å². The lowest BCUT2D eigenvalue weighted by molar-refractivity contribution is 0.113. The molecule has 0 fully saturated rings. The fourth-order valence-corrected chi connectivity index (χ4v) is 4.37. The number of aryl methyl sites for hydroxylation is 1. The molecule has 0 N–H and O–H groups in total. The molecular formula is C17H17FO6S2. The topological polar surface area (TPSA) is 86.7 Å². The van der Waals surface area contributed by atoms with Crippen molar-refractivity contribution in [1.29, 1.82) is 0 Å². The Balaban J connectivity index is 1.87. The summed E-state index contributed by atoms with van der Waals surface area (Å²) < 4.78 is 71.4. The molecule has 140 valence electrons. The van der Waals surface area contributed by atoms with Crippen LogP contribution in [-0.4, -0.2) is 35.8 Å². The Kier molecular flexibility index (Phi) is 5.05. The van der Waals surface area contributed by atoms with Crippen LogP contribution in [-0.2, 0) is 30.6 Å². The summed E-state index contributed by atoms with van der Waals surface area (Å²) in [5.41, 5.74) is 0.818. The standard InChI is InChI=1S/C17H17FO6S2/c1-25(19,20)23-11-14-7-5-12-6-8-16(10-17(12)24-14)26(21,22)15-4-2-3-13(18)9-15/h2-4,6,8-10,14H,5,7,11H2,1H3. The van der Waals surface area contributed by atoms with Crippen molar-refractivity contribution >= 4 is 20.0 Å². The summed E-state index contributed by atoms with van der Waals surface area (Å²) in [5, 5.41) is 0. The van der Waals surface area contributed by atoms with Crippen LogP contribution in [0.5, 0.6) is 5.75 Å². The number of fused-ring (bicyclic) bond motifs is 1. The first kappa shape index (κ1) is 18.8. The predicted octanol–water partition coefficient (Wildman–Crippen LogP) is 2.33. The molecule has 1 aliphatic heterocycles. The molecule has 9 heteroatoms. The van der Waals surface area contributed by atoms with Gasteiger partial charge in [-0.1, -0.05) is 12.1 Å². The predicted molar refractivity (Wildman–Crippen MR) is 91.8 cm³/mol. The summed E-state index contributed by atoms with van der Waals surface area (Å²) >= 11 is 0. The largest absolute Gasteiger partial charge is 0.488 e. The smallest absolute Gasteiger partial charge is 0.264 e. The molecule has 0 saturated heterocycles. The molecule has 2 aromatic carbocycles. The van der Waals surface area contributed by atoms with E-state index in [2.05, 4.69) is 0 Å². The molecule has 26 heavy (non-hydrogen) atoms. The van der Waals surface area contributed by atoms with Crippen molar-refractivity contribution < 1.29 is 30.1 Å². The van der Waals surface area contributed by atoms with Crippen LogP contribution in [0.25, 0.3) is 0 Å². The summed E-state index contributed by atoms with van der Waals surface area (Å²) in [6, 6.07) is 9.25. The highest BCUT2D eigenvalue weighted by atomic mass is 32.2. The molecule has 3 rings (SSSR count).